The summed E-state index contributed by atoms with van der Waals surface area (Å²) in [6.07, 6.45) is 0. The average Bonchev–Trinajstić information content (AvgIpc) is 1.77. The van der Waals surface area contributed by atoms with E-state index in [0.717, 1.165) is 162 Å². The van der Waals surface area contributed by atoms with E-state index in [2.05, 4.69) is 283 Å². The summed E-state index contributed by atoms with van der Waals surface area (Å²) in [5.41, 5.74) is 24.8. The molecule has 0 spiro atoms. The van der Waals surface area contributed by atoms with Crippen LogP contribution in [-0.2, 0) is 0 Å². The van der Waals surface area contributed by atoms with Crippen molar-refractivity contribution in [1.29, 1.82) is 5.26 Å². The first-order chi connectivity index (χ1) is 44.0. The third-order valence-corrected chi connectivity index (χ3v) is 17.2. The smallest absolute Gasteiger partial charge is 0.0991 e. The van der Waals surface area contributed by atoms with Crippen molar-refractivity contribution < 1.29 is 0 Å². The zero-order chi connectivity index (χ0) is 59.4. The average molecular weight is 1140 g/mol. The van der Waals surface area contributed by atoms with Crippen LogP contribution in [0.3, 0.4) is 0 Å². The molecule has 7 nitrogen and oxygen atoms in total. The maximum Gasteiger partial charge on any atom is 0.0991 e. The van der Waals surface area contributed by atoms with Crippen molar-refractivity contribution in [1.82, 2.24) is 29.1 Å². The molecule has 0 atom stereocenters. The van der Waals surface area contributed by atoms with Crippen LogP contribution in [0.5, 0.6) is 0 Å². The molecule has 10 aromatic carbocycles. The predicted molar refractivity (Wildman–Crippen MR) is 365 cm³/mol. The number of nitrogens with zero attached hydrogens (tertiary/aromatic N) is 7. The molecule has 0 amide bonds. The zero-order valence-corrected chi connectivity index (χ0v) is 48.5. The maximum atomic E-state index is 10.5. The number of rotatable bonds is 11. The highest BCUT2D eigenvalue weighted by Crippen LogP contribution is 2.45. The second-order valence-corrected chi connectivity index (χ2v) is 22.5. The van der Waals surface area contributed by atoms with Crippen molar-refractivity contribution in [2.24, 2.45) is 0 Å². The fourth-order valence-electron chi connectivity index (χ4n) is 12.8. The standard InChI is InChI=1S/C82H53N7/c1-53-77(88-78-48-60(73-33-15-29-69(84-73)55-20-6-2-7-21-55)37-41-65(78)66-42-38-61(49-79(66)88)74-34-16-30-70(85-74)56-22-8-3-9-23-56)46-45-64(59-28-14-19-54(47-59)52-83)82(53)89-80-50-62(75-35-17-31-71(86-75)57-24-10-4-11-25-57)39-43-67(80)68-44-40-63(51-81(68)89)76-36-18-32-72(87-76)58-26-12-5-13-27-58/h2-51H,1H3. The van der Waals surface area contributed by atoms with E-state index in [1.165, 1.54) is 0 Å². The Morgan fingerprint density at radius 2 is 0.573 bits per heavy atom. The molecule has 0 unspecified atom stereocenters. The lowest BCUT2D eigenvalue weighted by molar-refractivity contribution is 1.10. The molecule has 6 aromatic heterocycles. The van der Waals surface area contributed by atoms with E-state index in [1.807, 2.05) is 42.5 Å². The van der Waals surface area contributed by atoms with E-state index in [0.29, 0.717) is 5.56 Å². The van der Waals surface area contributed by atoms with Gasteiger partial charge in [-0.3, -0.25) is 0 Å². The Balaban J connectivity index is 0.984. The molecule has 0 aliphatic rings. The first-order valence-corrected chi connectivity index (χ1v) is 29.9. The van der Waals surface area contributed by atoms with Gasteiger partial charge in [-0.15, -0.1) is 0 Å². The van der Waals surface area contributed by atoms with Gasteiger partial charge in [-0.25, -0.2) is 19.9 Å². The Kier molecular flexibility index (Phi) is 13.0. The van der Waals surface area contributed by atoms with Crippen LogP contribution < -0.4 is 0 Å². The van der Waals surface area contributed by atoms with Crippen LogP contribution in [0.2, 0.25) is 0 Å². The van der Waals surface area contributed by atoms with Gasteiger partial charge in [0.05, 0.1) is 90.6 Å². The van der Waals surface area contributed by atoms with E-state index in [4.69, 9.17) is 19.9 Å². The van der Waals surface area contributed by atoms with Crippen molar-refractivity contribution in [3.8, 4) is 119 Å². The van der Waals surface area contributed by atoms with E-state index >= 15 is 0 Å². The number of fused-ring (bicyclic) bond motifs is 6. The van der Waals surface area contributed by atoms with Crippen molar-refractivity contribution in [3.05, 3.63) is 314 Å². The molecule has 0 saturated carbocycles. The number of nitriles is 1. The largest absolute Gasteiger partial charge is 0.309 e. The molecule has 0 N–H and O–H groups in total. The number of pyridine rings is 4. The Labute approximate surface area is 515 Å². The molecule has 0 fully saturated rings. The lowest BCUT2D eigenvalue weighted by Gasteiger charge is -2.22. The maximum absolute atomic E-state index is 10.5. The van der Waals surface area contributed by atoms with Gasteiger partial charge < -0.3 is 9.13 Å². The summed E-state index contributed by atoms with van der Waals surface area (Å²) in [6, 6.07) is 108. The van der Waals surface area contributed by atoms with Gasteiger partial charge in [-0.1, -0.05) is 212 Å². The Morgan fingerprint density at radius 1 is 0.270 bits per heavy atom. The van der Waals surface area contributed by atoms with E-state index in [1.54, 1.807) is 0 Å². The third-order valence-electron chi connectivity index (χ3n) is 17.2. The van der Waals surface area contributed by atoms with Gasteiger partial charge in [-0.2, -0.15) is 5.26 Å². The van der Waals surface area contributed by atoms with Crippen LogP contribution in [0.1, 0.15) is 11.1 Å². The second-order valence-electron chi connectivity index (χ2n) is 22.5. The minimum atomic E-state index is 0.577. The van der Waals surface area contributed by atoms with Gasteiger partial charge in [0.15, 0.2) is 0 Å². The van der Waals surface area contributed by atoms with Gasteiger partial charge in [0.1, 0.15) is 0 Å². The molecule has 0 aliphatic heterocycles. The van der Waals surface area contributed by atoms with Gasteiger partial charge in [-0.05, 0) is 109 Å². The molecule has 16 rings (SSSR count). The van der Waals surface area contributed by atoms with E-state index in [9.17, 15) is 5.26 Å². The normalized spacial score (nSPS) is 11.4. The van der Waals surface area contributed by atoms with Gasteiger partial charge >= 0.3 is 0 Å². The third kappa shape index (κ3) is 9.50. The fourth-order valence-corrected chi connectivity index (χ4v) is 12.8. The first kappa shape index (κ1) is 52.4. The quantitative estimate of drug-likeness (QED) is 0.129. The number of hydrogen-bond acceptors (Lipinski definition) is 5. The van der Waals surface area contributed by atoms with Crippen LogP contribution in [0.4, 0.5) is 0 Å². The molecule has 0 aliphatic carbocycles. The minimum absolute atomic E-state index is 0.577. The van der Waals surface area contributed by atoms with Crippen molar-refractivity contribution in [3.63, 3.8) is 0 Å². The molecule has 6 heterocycles. The fraction of sp³-hybridized carbons (Fsp3) is 0.0122. The van der Waals surface area contributed by atoms with Gasteiger partial charge in [0, 0.05) is 71.6 Å². The molecule has 0 radical (unpaired) electrons. The summed E-state index contributed by atoms with van der Waals surface area (Å²) in [7, 11) is 0. The highest BCUT2D eigenvalue weighted by atomic mass is 15.0. The lowest BCUT2D eigenvalue weighted by Crippen LogP contribution is -2.06. The van der Waals surface area contributed by atoms with Crippen molar-refractivity contribution in [2.75, 3.05) is 0 Å². The molecular formula is C82H53N7. The first-order valence-electron chi connectivity index (χ1n) is 29.9. The molecule has 416 valence electrons. The second kappa shape index (κ2) is 22.1. The Morgan fingerprint density at radius 3 is 0.910 bits per heavy atom. The zero-order valence-electron chi connectivity index (χ0n) is 48.5. The van der Waals surface area contributed by atoms with Crippen LogP contribution in [0.25, 0.3) is 156 Å². The summed E-state index contributed by atoms with van der Waals surface area (Å²) < 4.78 is 4.90. The highest BCUT2D eigenvalue weighted by Gasteiger charge is 2.25. The SMILES string of the molecule is Cc1c(-n2c3cc(-c4cccc(-c5ccccc5)n4)ccc3c3ccc(-c4cccc(-c5ccccc5)n4)cc32)ccc(-c2cccc(C#N)c2)c1-n1c2cc(-c3cccc(-c4ccccc4)n3)ccc2c2ccc(-c3cccc(-c4ccccc4)n3)cc21. The topological polar surface area (TPSA) is 85.2 Å². The predicted octanol–water partition coefficient (Wildman–Crippen LogP) is 20.6. The van der Waals surface area contributed by atoms with Gasteiger partial charge in [0.25, 0.3) is 0 Å². The number of hydrogen-bond donors (Lipinski definition) is 0. The molecule has 0 saturated heterocycles. The molecule has 89 heavy (non-hydrogen) atoms. The Bertz CT molecular complexity index is 5170. The summed E-state index contributed by atoms with van der Waals surface area (Å²) in [4.78, 5) is 21.2. The summed E-state index contributed by atoms with van der Waals surface area (Å²) in [5.74, 6) is 0. The molecule has 0 bridgehead atoms. The lowest BCUT2D eigenvalue weighted by atomic mass is 9.97. The molecular weight excluding hydrogens is 1080 g/mol. The number of benzene rings is 10. The summed E-state index contributed by atoms with van der Waals surface area (Å²) in [6.45, 7) is 2.25. The minimum Gasteiger partial charge on any atom is -0.309 e. The van der Waals surface area contributed by atoms with Crippen LogP contribution in [0.15, 0.2) is 303 Å². The van der Waals surface area contributed by atoms with Crippen LogP contribution >= 0.6 is 0 Å². The summed E-state index contributed by atoms with van der Waals surface area (Å²) in [5, 5.41) is 14.9. The highest BCUT2D eigenvalue weighted by molar-refractivity contribution is 6.13. The van der Waals surface area contributed by atoms with Gasteiger partial charge in [0.2, 0.25) is 0 Å². The Hall–Kier alpha value is -12.1. The van der Waals surface area contributed by atoms with E-state index < -0.39 is 0 Å². The van der Waals surface area contributed by atoms with E-state index in [-0.39, 0.29) is 0 Å². The monoisotopic (exact) mass is 1140 g/mol. The summed E-state index contributed by atoms with van der Waals surface area (Å²) >= 11 is 0. The van der Waals surface area contributed by atoms with Crippen molar-refractivity contribution in [2.45, 2.75) is 6.92 Å². The molecule has 16 aromatic rings. The number of aromatic nitrogens is 6. The van der Waals surface area contributed by atoms with Crippen molar-refractivity contribution >= 4 is 43.6 Å². The molecule has 7 heteroatoms. The van der Waals surface area contributed by atoms with Crippen LogP contribution in [0, 0.1) is 18.3 Å². The van der Waals surface area contributed by atoms with Crippen LogP contribution in [-0.4, -0.2) is 29.1 Å².